The van der Waals surface area contributed by atoms with Crippen molar-refractivity contribution in [3.63, 3.8) is 0 Å². The minimum absolute atomic E-state index is 0.0158. The van der Waals surface area contributed by atoms with Gasteiger partial charge in [-0.15, -0.1) is 11.3 Å². The lowest BCUT2D eigenvalue weighted by Crippen LogP contribution is -2.12. The molecule has 7 nitrogen and oxygen atoms in total. The molecule has 1 heterocycles. The highest BCUT2D eigenvalue weighted by Gasteiger charge is 2.15. The number of nitrogens with zero attached hydrogens (tertiary/aromatic N) is 1. The van der Waals surface area contributed by atoms with Crippen LogP contribution in [0.2, 0.25) is 0 Å². The van der Waals surface area contributed by atoms with Crippen LogP contribution < -0.4 is 20.1 Å². The number of carbonyl (C=O) groups excluding carboxylic acids is 2. The maximum atomic E-state index is 12.5. The van der Waals surface area contributed by atoms with E-state index >= 15 is 0 Å². The first-order chi connectivity index (χ1) is 14.4. The van der Waals surface area contributed by atoms with Gasteiger partial charge in [0.05, 0.1) is 12.8 Å². The van der Waals surface area contributed by atoms with Gasteiger partial charge in [0.1, 0.15) is 0 Å². The minimum Gasteiger partial charge on any atom is -0.493 e. The molecule has 2 amide bonds. The van der Waals surface area contributed by atoms with Gasteiger partial charge in [0.2, 0.25) is 5.91 Å². The predicted octanol–water partition coefficient (Wildman–Crippen LogP) is 4.63. The first-order valence-electron chi connectivity index (χ1n) is 8.63. The molecular weight excluding hydrogens is 416 g/mol. The molecule has 0 aliphatic heterocycles. The third kappa shape index (κ3) is 5.29. The number of ether oxygens (including phenoxy) is 2. The third-order valence-corrected chi connectivity index (χ3v) is 4.63. The highest BCUT2D eigenvalue weighted by atomic mass is 32.1. The highest BCUT2D eigenvalue weighted by Crippen LogP contribution is 2.30. The Balaban J connectivity index is 1.71. The number of nitrogens with one attached hydrogen (secondary N) is 2. The van der Waals surface area contributed by atoms with E-state index in [4.69, 9.17) is 4.74 Å². The number of rotatable bonds is 7. The number of carbonyl (C=O) groups is 2. The molecule has 3 rings (SSSR count). The van der Waals surface area contributed by atoms with Gasteiger partial charge in [-0.3, -0.25) is 14.9 Å². The first kappa shape index (κ1) is 21.2. The van der Waals surface area contributed by atoms with E-state index < -0.39 is 12.5 Å². The zero-order valence-electron chi connectivity index (χ0n) is 15.9. The zero-order chi connectivity index (χ0) is 21.7. The summed E-state index contributed by atoms with van der Waals surface area (Å²) >= 11 is 1.24. The number of thiazole rings is 1. The molecule has 156 valence electrons. The van der Waals surface area contributed by atoms with Crippen LogP contribution in [0.5, 0.6) is 11.5 Å². The number of hydrogen-bond donors (Lipinski definition) is 2. The SMILES string of the molecule is COc1cc(C(=O)Nc2nc(-c3ccc(NC(C)=O)cc3)cs2)ccc1OC(F)F. The second-order valence-corrected chi connectivity index (χ2v) is 6.85. The van der Waals surface area contributed by atoms with Crippen LogP contribution in [-0.4, -0.2) is 30.5 Å². The molecular formula is C20H17F2N3O4S. The molecule has 2 aromatic carbocycles. The predicted molar refractivity (Wildman–Crippen MR) is 109 cm³/mol. The van der Waals surface area contributed by atoms with Crippen LogP contribution in [0.15, 0.2) is 47.8 Å². The normalized spacial score (nSPS) is 10.6. The quantitative estimate of drug-likeness (QED) is 0.567. The lowest BCUT2D eigenvalue weighted by molar-refractivity contribution is -0.114. The van der Waals surface area contributed by atoms with Crippen molar-refractivity contribution in [3.8, 4) is 22.8 Å². The van der Waals surface area contributed by atoms with Gasteiger partial charge in [-0.25, -0.2) is 4.98 Å². The Morgan fingerprint density at radius 3 is 2.43 bits per heavy atom. The van der Waals surface area contributed by atoms with E-state index in [0.717, 1.165) is 5.56 Å². The van der Waals surface area contributed by atoms with Crippen molar-refractivity contribution in [1.82, 2.24) is 4.98 Å². The number of alkyl halides is 2. The van der Waals surface area contributed by atoms with Crippen molar-refractivity contribution in [2.75, 3.05) is 17.7 Å². The average Bonchev–Trinajstić information content (AvgIpc) is 3.16. The Morgan fingerprint density at radius 1 is 1.07 bits per heavy atom. The standard InChI is InChI=1S/C20H17F2N3O4S/c1-11(26)23-14-6-3-12(4-7-14)15-10-30-20(24-15)25-18(27)13-5-8-16(29-19(21)22)17(9-13)28-2/h3-10,19H,1-2H3,(H,23,26)(H,24,25,27). The first-order valence-corrected chi connectivity index (χ1v) is 9.51. The lowest BCUT2D eigenvalue weighted by Gasteiger charge is -2.11. The summed E-state index contributed by atoms with van der Waals surface area (Å²) in [6, 6.07) is 11.0. The van der Waals surface area contributed by atoms with Crippen LogP contribution in [-0.2, 0) is 4.79 Å². The highest BCUT2D eigenvalue weighted by molar-refractivity contribution is 7.14. The van der Waals surface area contributed by atoms with E-state index in [1.807, 2.05) is 0 Å². The second-order valence-electron chi connectivity index (χ2n) is 5.99. The van der Waals surface area contributed by atoms with Gasteiger partial charge in [0, 0.05) is 29.1 Å². The van der Waals surface area contributed by atoms with Crippen LogP contribution >= 0.6 is 11.3 Å². The number of aromatic nitrogens is 1. The van der Waals surface area contributed by atoms with Gasteiger partial charge in [-0.2, -0.15) is 8.78 Å². The average molecular weight is 433 g/mol. The van der Waals surface area contributed by atoms with Crippen molar-refractivity contribution < 1.29 is 27.8 Å². The van der Waals surface area contributed by atoms with Crippen LogP contribution in [0.4, 0.5) is 19.6 Å². The largest absolute Gasteiger partial charge is 0.493 e. The summed E-state index contributed by atoms with van der Waals surface area (Å²) in [5, 5.41) is 7.50. The Bertz CT molecular complexity index is 1050. The van der Waals surface area contributed by atoms with Gasteiger partial charge in [0.15, 0.2) is 16.6 Å². The number of methoxy groups -OCH3 is 1. The maximum absolute atomic E-state index is 12.5. The van der Waals surface area contributed by atoms with Gasteiger partial charge in [-0.1, -0.05) is 12.1 Å². The van der Waals surface area contributed by atoms with Crippen LogP contribution in [0.3, 0.4) is 0 Å². The smallest absolute Gasteiger partial charge is 0.387 e. The van der Waals surface area contributed by atoms with Gasteiger partial charge in [-0.05, 0) is 30.3 Å². The summed E-state index contributed by atoms with van der Waals surface area (Å²) in [4.78, 5) is 27.9. The molecule has 2 N–H and O–H groups in total. The van der Waals surface area contributed by atoms with E-state index in [-0.39, 0.29) is 23.0 Å². The summed E-state index contributed by atoms with van der Waals surface area (Å²) in [7, 11) is 1.29. The molecule has 0 radical (unpaired) electrons. The van der Waals surface area contributed by atoms with Crippen molar-refractivity contribution in [2.24, 2.45) is 0 Å². The summed E-state index contributed by atoms with van der Waals surface area (Å²) in [5.74, 6) is -0.782. The molecule has 0 aliphatic rings. The Hall–Kier alpha value is -3.53. The topological polar surface area (TPSA) is 89.5 Å². The summed E-state index contributed by atoms with van der Waals surface area (Å²) in [6.07, 6.45) is 0. The molecule has 30 heavy (non-hydrogen) atoms. The van der Waals surface area contributed by atoms with Crippen molar-refractivity contribution in [3.05, 3.63) is 53.4 Å². The molecule has 10 heteroatoms. The van der Waals surface area contributed by atoms with E-state index in [0.29, 0.717) is 16.5 Å². The number of benzene rings is 2. The van der Waals surface area contributed by atoms with Gasteiger partial charge >= 0.3 is 6.61 Å². The van der Waals surface area contributed by atoms with Crippen LogP contribution in [0.1, 0.15) is 17.3 Å². The third-order valence-electron chi connectivity index (χ3n) is 3.87. The molecule has 0 saturated carbocycles. The molecule has 0 bridgehead atoms. The number of halogens is 2. The fourth-order valence-electron chi connectivity index (χ4n) is 2.56. The molecule has 0 aliphatic carbocycles. The Labute approximate surface area is 174 Å². The summed E-state index contributed by atoms with van der Waals surface area (Å²) in [5.41, 5.74) is 2.34. The van der Waals surface area contributed by atoms with Crippen molar-refractivity contribution in [2.45, 2.75) is 13.5 Å². The van der Waals surface area contributed by atoms with E-state index in [2.05, 4.69) is 20.4 Å². The fourth-order valence-corrected chi connectivity index (χ4v) is 3.28. The fraction of sp³-hybridized carbons (Fsp3) is 0.150. The van der Waals surface area contributed by atoms with E-state index in [1.54, 1.807) is 29.6 Å². The number of amides is 2. The Kier molecular flexibility index (Phi) is 6.58. The summed E-state index contributed by atoms with van der Waals surface area (Å²) in [6.45, 7) is -1.57. The van der Waals surface area contributed by atoms with Gasteiger partial charge < -0.3 is 14.8 Å². The molecule has 0 saturated heterocycles. The zero-order valence-corrected chi connectivity index (χ0v) is 16.8. The molecule has 1 aromatic heterocycles. The molecule has 0 spiro atoms. The summed E-state index contributed by atoms with van der Waals surface area (Å²) < 4.78 is 34.2. The Morgan fingerprint density at radius 2 is 1.80 bits per heavy atom. The minimum atomic E-state index is -3.00. The van der Waals surface area contributed by atoms with Crippen LogP contribution in [0, 0.1) is 0 Å². The van der Waals surface area contributed by atoms with Crippen molar-refractivity contribution >= 4 is 34.0 Å². The molecule has 0 atom stereocenters. The molecule has 0 unspecified atom stereocenters. The van der Waals surface area contributed by atoms with E-state index in [9.17, 15) is 18.4 Å². The van der Waals surface area contributed by atoms with Crippen molar-refractivity contribution in [1.29, 1.82) is 0 Å². The molecule has 0 fully saturated rings. The maximum Gasteiger partial charge on any atom is 0.387 e. The monoisotopic (exact) mass is 433 g/mol. The molecule has 3 aromatic rings. The lowest BCUT2D eigenvalue weighted by atomic mass is 10.1. The number of anilines is 2. The number of hydrogen-bond acceptors (Lipinski definition) is 6. The van der Waals surface area contributed by atoms with Gasteiger partial charge in [0.25, 0.3) is 5.91 Å². The second kappa shape index (κ2) is 9.31. The van der Waals surface area contributed by atoms with E-state index in [1.165, 1.54) is 43.6 Å². The van der Waals surface area contributed by atoms with Crippen LogP contribution in [0.25, 0.3) is 11.3 Å².